The summed E-state index contributed by atoms with van der Waals surface area (Å²) in [6.45, 7) is 5.73. The fraction of sp³-hybridized carbons (Fsp3) is 0.400. The number of carbonyl (C=O) groups excluding carboxylic acids is 1. The highest BCUT2D eigenvalue weighted by molar-refractivity contribution is 9.10. The van der Waals surface area contributed by atoms with Crippen LogP contribution in [0.3, 0.4) is 0 Å². The van der Waals surface area contributed by atoms with E-state index in [9.17, 15) is 4.79 Å². The normalized spacial score (nSPS) is 20.2. The molecular formula is C25H28BrFN8O. The fourth-order valence-corrected chi connectivity index (χ4v) is 5.28. The van der Waals surface area contributed by atoms with Gasteiger partial charge in [-0.25, -0.2) is 14.1 Å². The summed E-state index contributed by atoms with van der Waals surface area (Å²) >= 11 is 3.47. The maximum absolute atomic E-state index is 15.1. The average molecular weight is 555 g/mol. The van der Waals surface area contributed by atoms with Crippen molar-refractivity contribution in [2.45, 2.75) is 51.6 Å². The van der Waals surface area contributed by atoms with Gasteiger partial charge in [0.15, 0.2) is 11.5 Å². The van der Waals surface area contributed by atoms with Crippen molar-refractivity contribution in [1.29, 1.82) is 0 Å². The number of fused-ring (bicyclic) bond motifs is 2. The van der Waals surface area contributed by atoms with Crippen molar-refractivity contribution in [2.24, 2.45) is 11.1 Å². The lowest BCUT2D eigenvalue weighted by Gasteiger charge is -2.22. The number of halogens is 2. The van der Waals surface area contributed by atoms with Crippen LogP contribution < -0.4 is 16.4 Å². The van der Waals surface area contributed by atoms with Gasteiger partial charge in [0.25, 0.3) is 0 Å². The monoisotopic (exact) mass is 554 g/mol. The first-order valence-corrected chi connectivity index (χ1v) is 12.6. The minimum atomic E-state index is -0.614. The third-order valence-electron chi connectivity index (χ3n) is 6.94. The van der Waals surface area contributed by atoms with E-state index >= 15 is 4.39 Å². The van der Waals surface area contributed by atoms with Gasteiger partial charge in [-0.05, 0) is 66.7 Å². The Morgan fingerprint density at radius 2 is 2.06 bits per heavy atom. The zero-order valence-corrected chi connectivity index (χ0v) is 22.1. The number of nitrogens with two attached hydrogens (primary N) is 1. The molecule has 188 valence electrons. The van der Waals surface area contributed by atoms with Crippen molar-refractivity contribution in [2.75, 3.05) is 12.4 Å². The minimum absolute atomic E-state index is 0.0409. The van der Waals surface area contributed by atoms with Crippen molar-refractivity contribution < 1.29 is 9.18 Å². The van der Waals surface area contributed by atoms with Crippen LogP contribution in [0.1, 0.15) is 45.6 Å². The van der Waals surface area contributed by atoms with Crippen LogP contribution in [0.25, 0.3) is 27.6 Å². The number of hydrogen-bond acceptors (Lipinski definition) is 7. The summed E-state index contributed by atoms with van der Waals surface area (Å²) in [5.74, 6) is 0.00655. The molecule has 3 aromatic heterocycles. The van der Waals surface area contributed by atoms with Crippen molar-refractivity contribution in [3.05, 3.63) is 46.6 Å². The highest BCUT2D eigenvalue weighted by atomic mass is 79.9. The molecule has 1 fully saturated rings. The predicted molar refractivity (Wildman–Crippen MR) is 140 cm³/mol. The highest BCUT2D eigenvalue weighted by Crippen LogP contribution is 2.39. The van der Waals surface area contributed by atoms with E-state index in [2.05, 4.69) is 41.6 Å². The van der Waals surface area contributed by atoms with Crippen LogP contribution in [0.2, 0.25) is 0 Å². The number of benzene rings is 1. The molecule has 1 saturated carbocycles. The molecule has 9 nitrogen and oxygen atoms in total. The zero-order chi connectivity index (χ0) is 25.8. The van der Waals surface area contributed by atoms with Crippen LogP contribution in [0.4, 0.5) is 10.3 Å². The smallest absolute Gasteiger partial charge is 0.225 e. The summed E-state index contributed by atoms with van der Waals surface area (Å²) in [5, 5.41) is 12.0. The van der Waals surface area contributed by atoms with Crippen LogP contribution in [0.5, 0.6) is 0 Å². The number of aromatic nitrogens is 5. The Morgan fingerprint density at radius 1 is 1.28 bits per heavy atom. The van der Waals surface area contributed by atoms with Gasteiger partial charge in [-0.1, -0.05) is 6.92 Å². The number of anilines is 1. The second kappa shape index (κ2) is 8.74. The summed E-state index contributed by atoms with van der Waals surface area (Å²) < 4.78 is 17.2. The van der Waals surface area contributed by atoms with E-state index in [1.807, 2.05) is 32.9 Å². The van der Waals surface area contributed by atoms with E-state index in [0.717, 1.165) is 18.4 Å². The van der Waals surface area contributed by atoms with Crippen LogP contribution in [-0.4, -0.2) is 43.7 Å². The second-order valence-corrected chi connectivity index (χ2v) is 11.1. The zero-order valence-electron chi connectivity index (χ0n) is 20.6. The van der Waals surface area contributed by atoms with Gasteiger partial charge in [0, 0.05) is 47.9 Å². The largest absolute Gasteiger partial charge is 0.359 e. The summed E-state index contributed by atoms with van der Waals surface area (Å²) in [6.07, 6.45) is 5.58. The Bertz CT molecular complexity index is 1500. The van der Waals surface area contributed by atoms with Gasteiger partial charge in [-0.2, -0.15) is 10.1 Å². The molecule has 0 bridgehead atoms. The molecule has 36 heavy (non-hydrogen) atoms. The molecule has 3 heterocycles. The first-order valence-electron chi connectivity index (χ1n) is 11.8. The molecule has 0 radical (unpaired) electrons. The molecule has 0 spiro atoms. The first kappa shape index (κ1) is 24.5. The molecule has 11 heteroatoms. The van der Waals surface area contributed by atoms with Gasteiger partial charge in [0.05, 0.1) is 11.1 Å². The molecule has 1 aliphatic rings. The third-order valence-corrected chi connectivity index (χ3v) is 7.53. The molecular weight excluding hydrogens is 527 g/mol. The summed E-state index contributed by atoms with van der Waals surface area (Å²) in [7, 11) is 1.66. The Morgan fingerprint density at radius 3 is 2.78 bits per heavy atom. The maximum Gasteiger partial charge on any atom is 0.225 e. The van der Waals surface area contributed by atoms with E-state index in [-0.39, 0.29) is 17.5 Å². The van der Waals surface area contributed by atoms with E-state index < -0.39 is 16.8 Å². The van der Waals surface area contributed by atoms with Crippen LogP contribution in [0.15, 0.2) is 35.2 Å². The molecule has 2 atom stereocenters. The van der Waals surface area contributed by atoms with Crippen LogP contribution in [-0.2, 0) is 10.3 Å². The van der Waals surface area contributed by atoms with E-state index in [0.29, 0.717) is 39.1 Å². The number of pyridine rings is 1. The summed E-state index contributed by atoms with van der Waals surface area (Å²) in [4.78, 5) is 25.7. The highest BCUT2D eigenvalue weighted by Gasteiger charge is 2.41. The molecule has 5 rings (SSSR count). The van der Waals surface area contributed by atoms with Gasteiger partial charge >= 0.3 is 0 Å². The van der Waals surface area contributed by atoms with Crippen LogP contribution >= 0.6 is 15.9 Å². The van der Waals surface area contributed by atoms with Gasteiger partial charge < -0.3 is 16.4 Å². The lowest BCUT2D eigenvalue weighted by molar-refractivity contribution is -0.129. The number of rotatable bonds is 5. The van der Waals surface area contributed by atoms with Crippen molar-refractivity contribution >= 4 is 49.7 Å². The molecule has 4 N–H and O–H groups in total. The van der Waals surface area contributed by atoms with Gasteiger partial charge in [0.1, 0.15) is 10.1 Å². The number of hydrogen-bond donors (Lipinski definition) is 3. The molecule has 1 aromatic carbocycles. The number of amides is 1. The fourth-order valence-electron chi connectivity index (χ4n) is 4.84. The topological polar surface area (TPSA) is 124 Å². The van der Waals surface area contributed by atoms with Gasteiger partial charge in [-0.3, -0.25) is 9.78 Å². The molecule has 1 amide bonds. The number of nitrogens with zero attached hydrogens (tertiary/aromatic N) is 5. The maximum atomic E-state index is 15.1. The quantitative estimate of drug-likeness (QED) is 0.338. The lowest BCUT2D eigenvalue weighted by atomic mass is 9.87. The summed E-state index contributed by atoms with van der Waals surface area (Å²) in [5.41, 5.74) is 7.28. The predicted octanol–water partition coefficient (Wildman–Crippen LogP) is 4.18. The SMILES string of the molecule is CNC(=O)[C@]1(C)CC[C@@H](Nc2ncc3c(Br)nn(-c4cc(F)c5ncc(C(C)(C)N)cc5c4)c3n2)C1. The van der Waals surface area contributed by atoms with Crippen LogP contribution in [0, 0.1) is 11.2 Å². The number of carbonyl (C=O) groups is 1. The Labute approximate surface area is 216 Å². The van der Waals surface area contributed by atoms with Crippen molar-refractivity contribution in [3.63, 3.8) is 0 Å². The standard InChI is InChI=1S/C25H28BrFN8O/c1-24(2,28)14-7-13-8-16(9-18(27)19(13)30-11-14)35-21-17(20(26)34-35)12-31-23(33-21)32-15-5-6-25(3,10-15)22(36)29-4/h7-9,11-12,15H,5-6,10,28H2,1-4H3,(H,29,36)(H,31,32,33)/t15-,25-/m1/s1. The molecule has 0 unspecified atom stereocenters. The second-order valence-electron chi connectivity index (χ2n) is 10.3. The van der Waals surface area contributed by atoms with Crippen molar-refractivity contribution in [1.82, 2.24) is 30.0 Å². The minimum Gasteiger partial charge on any atom is -0.359 e. The Hall–Kier alpha value is -3.18. The number of nitrogens with one attached hydrogen (secondary N) is 2. The average Bonchev–Trinajstić information content (AvgIpc) is 3.37. The Kier molecular flexibility index (Phi) is 5.95. The molecule has 0 aliphatic heterocycles. The van der Waals surface area contributed by atoms with Crippen molar-refractivity contribution in [3.8, 4) is 5.69 Å². The van der Waals surface area contributed by atoms with Gasteiger partial charge in [-0.15, -0.1) is 0 Å². The third kappa shape index (κ3) is 4.30. The Balaban J connectivity index is 1.52. The first-order chi connectivity index (χ1) is 17.0. The van der Waals surface area contributed by atoms with E-state index in [4.69, 9.17) is 10.7 Å². The summed E-state index contributed by atoms with van der Waals surface area (Å²) in [6, 6.07) is 5.12. The van der Waals surface area contributed by atoms with E-state index in [1.165, 1.54) is 6.07 Å². The van der Waals surface area contributed by atoms with E-state index in [1.54, 1.807) is 24.1 Å². The van der Waals surface area contributed by atoms with Gasteiger partial charge in [0.2, 0.25) is 11.9 Å². The molecule has 4 aromatic rings. The molecule has 0 saturated heterocycles. The molecule has 1 aliphatic carbocycles. The lowest BCUT2D eigenvalue weighted by Crippen LogP contribution is -2.35.